The van der Waals surface area contributed by atoms with Gasteiger partial charge in [-0.2, -0.15) is 0 Å². The van der Waals surface area contributed by atoms with Gasteiger partial charge in [0.15, 0.2) is 17.3 Å². The van der Waals surface area contributed by atoms with Gasteiger partial charge in [-0.1, -0.05) is 0 Å². The normalized spacial score (nSPS) is 13.5. The second kappa shape index (κ2) is 9.42. The molecule has 0 saturated heterocycles. The molecule has 0 atom stereocenters. The smallest absolute Gasteiger partial charge is 0.415 e. The van der Waals surface area contributed by atoms with Gasteiger partial charge in [0.2, 0.25) is 11.5 Å². The number of hydrogen-bond acceptors (Lipinski definition) is 7. The van der Waals surface area contributed by atoms with E-state index in [4.69, 9.17) is 23.7 Å². The van der Waals surface area contributed by atoms with Crippen LogP contribution in [0.1, 0.15) is 29.8 Å². The molecule has 2 aromatic carbocycles. The zero-order valence-electron chi connectivity index (χ0n) is 18.2. The van der Waals surface area contributed by atoms with Gasteiger partial charge in [0.25, 0.3) is 0 Å². The largest absolute Gasteiger partial charge is 0.493 e. The van der Waals surface area contributed by atoms with Crippen LogP contribution in [0.3, 0.4) is 0 Å². The van der Waals surface area contributed by atoms with Gasteiger partial charge in [-0.3, -0.25) is 4.79 Å². The number of hydrogen-bond donors (Lipinski definition) is 0. The highest BCUT2D eigenvalue weighted by atomic mass is 16.6. The number of benzene rings is 2. The first kappa shape index (κ1) is 22.0. The summed E-state index contributed by atoms with van der Waals surface area (Å²) in [5, 5.41) is 0. The second-order valence-corrected chi connectivity index (χ2v) is 6.60. The van der Waals surface area contributed by atoms with Crippen molar-refractivity contribution in [2.45, 2.75) is 13.8 Å². The van der Waals surface area contributed by atoms with Crippen LogP contribution in [0.4, 0.5) is 4.79 Å². The second-order valence-electron chi connectivity index (χ2n) is 6.60. The Morgan fingerprint density at radius 1 is 1.00 bits per heavy atom. The molecular weight excluding hydrogens is 402 g/mol. The van der Waals surface area contributed by atoms with Crippen molar-refractivity contribution in [3.8, 4) is 28.7 Å². The number of amides is 1. The number of carbonyl (C=O) groups excluding carboxylic acids is 2. The minimum absolute atomic E-state index is 0.136. The fraction of sp³-hybridized carbons (Fsp3) is 0.304. The van der Waals surface area contributed by atoms with E-state index < -0.39 is 6.09 Å². The Bertz CT molecular complexity index is 1000. The van der Waals surface area contributed by atoms with Crippen molar-refractivity contribution in [2.75, 3.05) is 34.4 Å². The van der Waals surface area contributed by atoms with Gasteiger partial charge in [0, 0.05) is 19.2 Å². The van der Waals surface area contributed by atoms with Crippen molar-refractivity contribution in [1.29, 1.82) is 0 Å². The van der Waals surface area contributed by atoms with Crippen LogP contribution < -0.4 is 23.7 Å². The third kappa shape index (κ3) is 4.42. The van der Waals surface area contributed by atoms with E-state index in [9.17, 15) is 9.59 Å². The highest BCUT2D eigenvalue weighted by molar-refractivity contribution is 6.14. The highest BCUT2D eigenvalue weighted by Crippen LogP contribution is 2.40. The van der Waals surface area contributed by atoms with Gasteiger partial charge in [-0.05, 0) is 49.8 Å². The monoisotopic (exact) mass is 427 g/mol. The van der Waals surface area contributed by atoms with Crippen LogP contribution in [0.15, 0.2) is 36.1 Å². The lowest BCUT2D eigenvalue weighted by Gasteiger charge is -2.17. The van der Waals surface area contributed by atoms with Crippen molar-refractivity contribution in [3.05, 3.63) is 47.2 Å². The molecule has 1 aliphatic rings. The first-order chi connectivity index (χ1) is 14.9. The van der Waals surface area contributed by atoms with E-state index in [-0.39, 0.29) is 11.5 Å². The van der Waals surface area contributed by atoms with Gasteiger partial charge < -0.3 is 28.6 Å². The van der Waals surface area contributed by atoms with Crippen molar-refractivity contribution < 1.29 is 33.3 Å². The van der Waals surface area contributed by atoms with Crippen molar-refractivity contribution in [3.63, 3.8) is 0 Å². The average molecular weight is 427 g/mol. The van der Waals surface area contributed by atoms with E-state index in [2.05, 4.69) is 0 Å². The maximum Gasteiger partial charge on any atom is 0.415 e. The summed E-state index contributed by atoms with van der Waals surface area (Å²) < 4.78 is 27.2. The minimum Gasteiger partial charge on any atom is -0.493 e. The number of allylic oxidation sites excluding steroid dienone is 1. The Hall–Kier alpha value is -3.68. The summed E-state index contributed by atoms with van der Waals surface area (Å²) in [6.07, 6.45) is 1.14. The lowest BCUT2D eigenvalue weighted by molar-refractivity contribution is 0.101. The van der Waals surface area contributed by atoms with Gasteiger partial charge >= 0.3 is 6.09 Å². The SMILES string of the molecule is CCN(CC)C(=O)Oc1ccc2c(c1)O/C(=C\c1cc(OC)c(OC)c(OC)c1)C2=O. The maximum atomic E-state index is 12.8. The summed E-state index contributed by atoms with van der Waals surface area (Å²) in [4.78, 5) is 26.5. The number of rotatable bonds is 7. The number of fused-ring (bicyclic) bond motifs is 1. The van der Waals surface area contributed by atoms with Gasteiger partial charge in [0.05, 0.1) is 26.9 Å². The molecule has 8 nitrogen and oxygen atoms in total. The van der Waals surface area contributed by atoms with Crippen LogP contribution in [-0.2, 0) is 0 Å². The van der Waals surface area contributed by atoms with Gasteiger partial charge in [-0.25, -0.2) is 4.79 Å². The summed E-state index contributed by atoms with van der Waals surface area (Å²) in [5.74, 6) is 1.87. The third-order valence-electron chi connectivity index (χ3n) is 4.85. The molecule has 2 aromatic rings. The van der Waals surface area contributed by atoms with Gasteiger partial charge in [-0.15, -0.1) is 0 Å². The zero-order valence-corrected chi connectivity index (χ0v) is 18.2. The van der Waals surface area contributed by atoms with E-state index in [0.717, 1.165) is 0 Å². The predicted molar refractivity (Wildman–Crippen MR) is 114 cm³/mol. The summed E-state index contributed by atoms with van der Waals surface area (Å²) in [6, 6.07) is 8.11. The molecule has 31 heavy (non-hydrogen) atoms. The molecule has 3 rings (SSSR count). The lowest BCUT2D eigenvalue weighted by Crippen LogP contribution is -2.33. The Labute approximate surface area is 180 Å². The van der Waals surface area contributed by atoms with Gasteiger partial charge in [0.1, 0.15) is 11.5 Å². The standard InChI is InChI=1S/C23H25NO7/c1-6-24(7-2)23(26)30-15-8-9-16-17(13-15)31-18(21(16)25)10-14-11-19(27-3)22(29-5)20(12-14)28-4/h8-13H,6-7H2,1-5H3/b18-10-. The molecule has 1 heterocycles. The molecule has 0 spiro atoms. The number of ether oxygens (including phenoxy) is 5. The highest BCUT2D eigenvalue weighted by Gasteiger charge is 2.28. The van der Waals surface area contributed by atoms with Crippen LogP contribution in [0.2, 0.25) is 0 Å². The first-order valence-electron chi connectivity index (χ1n) is 9.80. The fourth-order valence-electron chi connectivity index (χ4n) is 3.21. The summed E-state index contributed by atoms with van der Waals surface area (Å²) >= 11 is 0. The van der Waals surface area contributed by atoms with E-state index in [1.807, 2.05) is 13.8 Å². The van der Waals surface area contributed by atoms with E-state index in [0.29, 0.717) is 53.0 Å². The average Bonchev–Trinajstić information content (AvgIpc) is 3.08. The minimum atomic E-state index is -0.456. The fourth-order valence-corrected chi connectivity index (χ4v) is 3.21. The molecule has 0 fully saturated rings. The Morgan fingerprint density at radius 3 is 2.19 bits per heavy atom. The van der Waals surface area contributed by atoms with Crippen LogP contribution in [0.25, 0.3) is 6.08 Å². The number of Topliss-reactive ketones (excluding diaryl/α,β-unsaturated/α-hetero) is 1. The van der Waals surface area contributed by atoms with Crippen molar-refractivity contribution >= 4 is 18.0 Å². The molecule has 164 valence electrons. The molecule has 0 aromatic heterocycles. The molecule has 1 aliphatic heterocycles. The molecule has 0 N–H and O–H groups in total. The third-order valence-corrected chi connectivity index (χ3v) is 4.85. The molecule has 0 radical (unpaired) electrons. The lowest BCUT2D eigenvalue weighted by atomic mass is 10.1. The quantitative estimate of drug-likeness (QED) is 0.613. The molecule has 1 amide bonds. The van der Waals surface area contributed by atoms with E-state index in [1.165, 1.54) is 27.4 Å². The van der Waals surface area contributed by atoms with Crippen LogP contribution in [0, 0.1) is 0 Å². The number of nitrogens with zero attached hydrogens (tertiary/aromatic N) is 1. The molecular formula is C23H25NO7. The predicted octanol–water partition coefficient (Wildman–Crippen LogP) is 4.17. The van der Waals surface area contributed by atoms with Crippen LogP contribution in [0.5, 0.6) is 28.7 Å². The Balaban J connectivity index is 1.87. The molecule has 8 heteroatoms. The molecule has 0 unspecified atom stereocenters. The van der Waals surface area contributed by atoms with Crippen LogP contribution in [-0.4, -0.2) is 51.2 Å². The maximum absolute atomic E-state index is 12.8. The first-order valence-corrected chi connectivity index (χ1v) is 9.80. The summed E-state index contributed by atoms with van der Waals surface area (Å²) in [5.41, 5.74) is 1.03. The Morgan fingerprint density at radius 2 is 1.65 bits per heavy atom. The number of ketones is 1. The number of methoxy groups -OCH3 is 3. The van der Waals surface area contributed by atoms with Crippen LogP contribution >= 0.6 is 0 Å². The molecule has 0 aliphatic carbocycles. The van der Waals surface area contributed by atoms with Crippen molar-refractivity contribution in [2.24, 2.45) is 0 Å². The molecule has 0 bridgehead atoms. The van der Waals surface area contributed by atoms with E-state index >= 15 is 0 Å². The summed E-state index contributed by atoms with van der Waals surface area (Å²) in [6.45, 7) is 4.82. The number of carbonyl (C=O) groups is 2. The van der Waals surface area contributed by atoms with Crippen molar-refractivity contribution in [1.82, 2.24) is 4.90 Å². The van der Waals surface area contributed by atoms with E-state index in [1.54, 1.807) is 35.2 Å². The topological polar surface area (TPSA) is 83.5 Å². The zero-order chi connectivity index (χ0) is 22.5. The molecule has 0 saturated carbocycles. The Kier molecular flexibility index (Phi) is 6.69. The summed E-state index contributed by atoms with van der Waals surface area (Å²) in [7, 11) is 4.55.